The molecule has 0 aromatic rings. The Kier molecular flexibility index (Phi) is 4.16. The van der Waals surface area contributed by atoms with Crippen LogP contribution in [0.2, 0.25) is 0 Å². The van der Waals surface area contributed by atoms with E-state index < -0.39 is 0 Å². The Morgan fingerprint density at radius 2 is 2.00 bits per heavy atom. The maximum Gasteiger partial charge on any atom is 0.101 e. The van der Waals surface area contributed by atoms with Crippen LogP contribution >= 0.6 is 0 Å². The summed E-state index contributed by atoms with van der Waals surface area (Å²) in [4.78, 5) is 0. The van der Waals surface area contributed by atoms with Gasteiger partial charge in [-0.25, -0.2) is 0 Å². The van der Waals surface area contributed by atoms with E-state index in [-0.39, 0.29) is 5.54 Å². The summed E-state index contributed by atoms with van der Waals surface area (Å²) in [5, 5.41) is 11.1. The Morgan fingerprint density at radius 1 is 1.38 bits per heavy atom. The molecule has 0 aliphatic heterocycles. The van der Waals surface area contributed by atoms with E-state index in [1.165, 1.54) is 24.7 Å². The summed E-state index contributed by atoms with van der Waals surface area (Å²) in [6.45, 7) is 2.84. The van der Waals surface area contributed by atoms with Gasteiger partial charge in [0.05, 0.1) is 6.61 Å². The molecule has 0 aromatic carbocycles. The van der Waals surface area contributed by atoms with Crippen LogP contribution in [0.4, 0.5) is 0 Å². The fourth-order valence-electron chi connectivity index (χ4n) is 2.35. The second-order valence-electron chi connectivity index (χ2n) is 4.27. The number of hydrogen-bond donors (Lipinski definition) is 1. The zero-order valence-corrected chi connectivity index (χ0v) is 8.71. The third kappa shape index (κ3) is 2.42. The smallest absolute Gasteiger partial charge is 0.101 e. The first-order valence-corrected chi connectivity index (χ1v) is 5.20. The Hall–Kier alpha value is -0.120. The number of methoxy groups -OCH3 is 1. The summed E-state index contributed by atoms with van der Waals surface area (Å²) in [6.07, 6.45) is 5.80. The number of hydrogen-bond acceptors (Lipinski definition) is 2. The van der Waals surface area contributed by atoms with E-state index in [0.29, 0.717) is 12.5 Å². The van der Waals surface area contributed by atoms with E-state index in [1.807, 2.05) is 0 Å². The summed E-state index contributed by atoms with van der Waals surface area (Å²) in [5.41, 5.74) is 1.10. The molecule has 1 aliphatic carbocycles. The van der Waals surface area contributed by atoms with Crippen LogP contribution in [-0.4, -0.2) is 19.3 Å². The van der Waals surface area contributed by atoms with E-state index in [4.69, 9.17) is 4.74 Å². The van der Waals surface area contributed by atoms with Gasteiger partial charge in [0.1, 0.15) is 5.54 Å². The van der Waals surface area contributed by atoms with Gasteiger partial charge in [0.15, 0.2) is 0 Å². The molecule has 0 heterocycles. The fraction of sp³-hybridized carbons (Fsp3) is 1.00. The molecule has 1 aliphatic rings. The van der Waals surface area contributed by atoms with Crippen molar-refractivity contribution in [2.24, 2.45) is 5.92 Å². The number of ether oxygens (including phenoxy) is 1. The molecule has 0 spiro atoms. The lowest BCUT2D eigenvalue weighted by Gasteiger charge is -2.41. The Labute approximate surface area is 80.4 Å². The normalized spacial score (nSPS) is 24.2. The number of quaternary nitrogens is 1. The van der Waals surface area contributed by atoms with Gasteiger partial charge in [-0.05, 0) is 12.8 Å². The van der Waals surface area contributed by atoms with Crippen molar-refractivity contribution in [2.45, 2.75) is 44.6 Å². The molecule has 1 fully saturated rings. The van der Waals surface area contributed by atoms with Crippen LogP contribution in [0, 0.1) is 11.1 Å². The minimum atomic E-state index is -0.0751. The molecular weight excluding hydrogens is 166 g/mol. The highest BCUT2D eigenvalue weighted by Crippen LogP contribution is 2.31. The van der Waals surface area contributed by atoms with Gasteiger partial charge in [-0.2, -0.15) is 0 Å². The standard InChI is InChI=1S/C10H21NO2/c1-9(8-13-2)10(11-12)6-4-3-5-7-10/h9H,3-8,11H2,1-2H3/t9-/m0/s1. The van der Waals surface area contributed by atoms with Crippen LogP contribution in [0.5, 0.6) is 0 Å². The van der Waals surface area contributed by atoms with E-state index in [9.17, 15) is 5.21 Å². The van der Waals surface area contributed by atoms with Gasteiger partial charge in [-0.15, -0.1) is 0 Å². The number of nitrogens with two attached hydrogens (primary N) is 1. The van der Waals surface area contributed by atoms with Gasteiger partial charge < -0.3 is 15.4 Å². The minimum Gasteiger partial charge on any atom is -0.635 e. The van der Waals surface area contributed by atoms with E-state index in [2.05, 4.69) is 6.92 Å². The van der Waals surface area contributed by atoms with Crippen molar-refractivity contribution < 1.29 is 10.2 Å². The van der Waals surface area contributed by atoms with E-state index in [1.54, 1.807) is 7.11 Å². The summed E-state index contributed by atoms with van der Waals surface area (Å²) >= 11 is 0. The van der Waals surface area contributed by atoms with E-state index in [0.717, 1.165) is 12.8 Å². The number of hydroxylamine groups is 1. The first-order chi connectivity index (χ1) is 6.25. The van der Waals surface area contributed by atoms with Crippen LogP contribution in [0.25, 0.3) is 0 Å². The summed E-state index contributed by atoms with van der Waals surface area (Å²) in [5.74, 6) is 0.371. The van der Waals surface area contributed by atoms with Crippen LogP contribution in [0.15, 0.2) is 0 Å². The van der Waals surface area contributed by atoms with Crippen LogP contribution < -0.4 is 5.48 Å². The second-order valence-corrected chi connectivity index (χ2v) is 4.27. The monoisotopic (exact) mass is 187 g/mol. The van der Waals surface area contributed by atoms with Crippen molar-refractivity contribution in [2.75, 3.05) is 13.7 Å². The molecule has 0 saturated heterocycles. The molecule has 1 atom stereocenters. The fourth-order valence-corrected chi connectivity index (χ4v) is 2.35. The molecule has 0 bridgehead atoms. The lowest BCUT2D eigenvalue weighted by molar-refractivity contribution is -0.683. The lowest BCUT2D eigenvalue weighted by Crippen LogP contribution is -2.94. The van der Waals surface area contributed by atoms with Crippen LogP contribution in [0.3, 0.4) is 0 Å². The Bertz CT molecular complexity index is 144. The molecular formula is C10H21NO2. The van der Waals surface area contributed by atoms with Gasteiger partial charge >= 0.3 is 0 Å². The van der Waals surface area contributed by atoms with Gasteiger partial charge in [-0.3, -0.25) is 0 Å². The zero-order chi connectivity index (χ0) is 9.73. The van der Waals surface area contributed by atoms with Crippen molar-refractivity contribution in [3.05, 3.63) is 5.21 Å². The zero-order valence-electron chi connectivity index (χ0n) is 8.71. The highest BCUT2D eigenvalue weighted by atomic mass is 16.5. The van der Waals surface area contributed by atoms with Crippen molar-refractivity contribution in [3.8, 4) is 0 Å². The molecule has 0 aromatic heterocycles. The minimum absolute atomic E-state index is 0.0751. The van der Waals surface area contributed by atoms with Gasteiger partial charge in [0.2, 0.25) is 0 Å². The molecule has 0 amide bonds. The summed E-state index contributed by atoms with van der Waals surface area (Å²) in [7, 11) is 1.71. The molecule has 3 heteroatoms. The van der Waals surface area contributed by atoms with Gasteiger partial charge in [-0.1, -0.05) is 13.3 Å². The van der Waals surface area contributed by atoms with Crippen molar-refractivity contribution in [3.63, 3.8) is 0 Å². The predicted octanol–water partition coefficient (Wildman–Crippen LogP) is 1.03. The molecule has 78 valence electrons. The third-order valence-corrected chi connectivity index (χ3v) is 3.42. The molecule has 13 heavy (non-hydrogen) atoms. The second kappa shape index (κ2) is 4.94. The van der Waals surface area contributed by atoms with E-state index >= 15 is 0 Å². The molecule has 2 N–H and O–H groups in total. The topological polar surface area (TPSA) is 48.9 Å². The maximum absolute atomic E-state index is 11.1. The SMILES string of the molecule is COC[C@H](C)C1([NH2+][O-])CCCCC1. The molecule has 1 rings (SSSR count). The quantitative estimate of drug-likeness (QED) is 0.668. The third-order valence-electron chi connectivity index (χ3n) is 3.42. The van der Waals surface area contributed by atoms with Crippen LogP contribution in [0.1, 0.15) is 39.0 Å². The molecule has 0 unspecified atom stereocenters. The largest absolute Gasteiger partial charge is 0.635 e. The first-order valence-electron chi connectivity index (χ1n) is 5.20. The molecule has 1 saturated carbocycles. The Balaban J connectivity index is 2.55. The number of rotatable bonds is 4. The highest BCUT2D eigenvalue weighted by Gasteiger charge is 2.38. The van der Waals surface area contributed by atoms with Crippen molar-refractivity contribution in [1.82, 2.24) is 0 Å². The maximum atomic E-state index is 11.1. The summed E-state index contributed by atoms with van der Waals surface area (Å²) in [6, 6.07) is 0. The Morgan fingerprint density at radius 3 is 2.46 bits per heavy atom. The van der Waals surface area contributed by atoms with Crippen molar-refractivity contribution in [1.29, 1.82) is 0 Å². The average Bonchev–Trinajstić information content (AvgIpc) is 2.19. The molecule has 0 radical (unpaired) electrons. The van der Waals surface area contributed by atoms with Gasteiger partial charge in [0, 0.05) is 25.9 Å². The van der Waals surface area contributed by atoms with Crippen molar-refractivity contribution >= 4 is 0 Å². The first kappa shape index (κ1) is 11.0. The summed E-state index contributed by atoms with van der Waals surface area (Å²) < 4.78 is 5.12. The highest BCUT2D eigenvalue weighted by molar-refractivity contribution is 4.86. The lowest BCUT2D eigenvalue weighted by atomic mass is 9.74. The van der Waals surface area contributed by atoms with Gasteiger partial charge in [0.25, 0.3) is 0 Å². The predicted molar refractivity (Wildman–Crippen MR) is 52.1 cm³/mol. The average molecular weight is 187 g/mol. The van der Waals surface area contributed by atoms with Crippen LogP contribution in [-0.2, 0) is 4.74 Å². The molecule has 3 nitrogen and oxygen atoms in total.